The van der Waals surface area contributed by atoms with Crippen LogP contribution in [0.5, 0.6) is 0 Å². The van der Waals surface area contributed by atoms with Crippen molar-refractivity contribution in [3.05, 3.63) is 5.82 Å². The molecule has 12 heteroatoms. The highest BCUT2D eigenvalue weighted by Crippen LogP contribution is 2.05. The molecule has 2 aromatic heterocycles. The number of amidine groups is 1. The maximum Gasteiger partial charge on any atom is 0.269 e. The molecule has 0 aliphatic carbocycles. The third-order valence-electron chi connectivity index (χ3n) is 2.31. The number of H-pyrrole nitrogens is 1. The van der Waals surface area contributed by atoms with Crippen molar-refractivity contribution >= 4 is 23.7 Å². The molecular formula is C10H8N12. The van der Waals surface area contributed by atoms with Crippen molar-refractivity contribution in [3.8, 4) is 24.7 Å². The number of aliphatic imine (C=N–C) groups is 1. The molecule has 0 radical (unpaired) electrons. The van der Waals surface area contributed by atoms with Crippen LogP contribution in [0.25, 0.3) is 0 Å². The molecule has 0 saturated carbocycles. The summed E-state index contributed by atoms with van der Waals surface area (Å²) >= 11 is 0. The van der Waals surface area contributed by atoms with Crippen molar-refractivity contribution in [1.29, 1.82) is 0 Å². The number of aromatic nitrogens is 7. The minimum Gasteiger partial charge on any atom is -0.316 e. The predicted molar refractivity (Wildman–Crippen MR) is 75.2 cm³/mol. The van der Waals surface area contributed by atoms with Crippen molar-refractivity contribution in [1.82, 2.24) is 46.4 Å². The van der Waals surface area contributed by atoms with Gasteiger partial charge in [0.15, 0.2) is 12.1 Å². The monoisotopic (exact) mass is 296 g/mol. The highest BCUT2D eigenvalue weighted by molar-refractivity contribution is 5.98. The fraction of sp³-hybridized carbons (Fsp3) is 0.100. The molecular weight excluding hydrogens is 288 g/mol. The Morgan fingerprint density at radius 3 is 2.41 bits per heavy atom. The normalized spacial score (nSPS) is 16.1. The van der Waals surface area contributed by atoms with Crippen LogP contribution in [0.3, 0.4) is 0 Å². The molecule has 0 spiro atoms. The molecule has 22 heavy (non-hydrogen) atoms. The first kappa shape index (κ1) is 13.2. The highest BCUT2D eigenvalue weighted by Gasteiger charge is 2.15. The third-order valence-corrected chi connectivity index (χ3v) is 2.31. The third kappa shape index (κ3) is 2.87. The van der Waals surface area contributed by atoms with E-state index in [0.29, 0.717) is 5.84 Å². The number of rotatable bonds is 4. The number of aromatic amines is 1. The lowest BCUT2D eigenvalue weighted by molar-refractivity contribution is 0.593. The summed E-state index contributed by atoms with van der Waals surface area (Å²) in [6, 6.07) is 0. The van der Waals surface area contributed by atoms with E-state index in [-0.39, 0.29) is 23.7 Å². The Morgan fingerprint density at radius 1 is 1.00 bits per heavy atom. The van der Waals surface area contributed by atoms with Gasteiger partial charge in [-0.05, 0) is 11.8 Å². The van der Waals surface area contributed by atoms with E-state index >= 15 is 0 Å². The molecule has 5 N–H and O–H groups in total. The van der Waals surface area contributed by atoms with Gasteiger partial charge in [-0.2, -0.15) is 10.4 Å². The molecule has 1 unspecified atom stereocenters. The number of nitrogens with one attached hydrogen (secondary N) is 5. The first-order chi connectivity index (χ1) is 10.8. The lowest BCUT2D eigenvalue weighted by Crippen LogP contribution is -2.39. The van der Waals surface area contributed by atoms with Gasteiger partial charge in [-0.15, -0.1) is 38.3 Å². The van der Waals surface area contributed by atoms with Crippen LogP contribution in [-0.2, 0) is 0 Å². The number of hydrazine groups is 1. The summed E-state index contributed by atoms with van der Waals surface area (Å²) in [5.41, 5.74) is 5.45. The van der Waals surface area contributed by atoms with Crippen LogP contribution in [0, 0.1) is 24.7 Å². The van der Waals surface area contributed by atoms with Gasteiger partial charge in [-0.25, -0.2) is 4.99 Å². The van der Waals surface area contributed by atoms with Crippen LogP contribution < -0.4 is 21.5 Å². The molecule has 1 atom stereocenters. The Balaban J connectivity index is 1.62. The van der Waals surface area contributed by atoms with E-state index in [1.165, 1.54) is 0 Å². The van der Waals surface area contributed by atoms with Crippen LogP contribution in [0.2, 0.25) is 0 Å². The van der Waals surface area contributed by atoms with Gasteiger partial charge in [0.2, 0.25) is 11.8 Å². The van der Waals surface area contributed by atoms with E-state index in [9.17, 15) is 0 Å². The van der Waals surface area contributed by atoms with Crippen LogP contribution in [0.4, 0.5) is 17.8 Å². The topological polar surface area (TPSA) is 154 Å². The molecule has 0 aromatic carbocycles. The summed E-state index contributed by atoms with van der Waals surface area (Å²) in [6.07, 6.45) is 9.84. The van der Waals surface area contributed by atoms with Gasteiger partial charge in [0.05, 0.1) is 0 Å². The second-order valence-corrected chi connectivity index (χ2v) is 3.76. The Kier molecular flexibility index (Phi) is 3.42. The van der Waals surface area contributed by atoms with E-state index in [2.05, 4.69) is 73.9 Å². The van der Waals surface area contributed by atoms with Gasteiger partial charge in [0.25, 0.3) is 11.9 Å². The Morgan fingerprint density at radius 2 is 1.77 bits per heavy atom. The first-order valence-electron chi connectivity index (χ1n) is 5.83. The molecule has 3 heterocycles. The Bertz CT molecular complexity index is 775. The molecule has 0 amide bonds. The molecule has 108 valence electrons. The van der Waals surface area contributed by atoms with Crippen LogP contribution in [-0.4, -0.2) is 47.7 Å². The number of hydrogen-bond donors (Lipinski definition) is 5. The van der Waals surface area contributed by atoms with E-state index < -0.39 is 6.29 Å². The summed E-state index contributed by atoms with van der Waals surface area (Å²) in [5, 5.41) is 27.1. The SMILES string of the molecule is C#CC1=NC(Nc2nnc(Nc3n[nH]c(C#C)n3)nn2)NN1. The summed E-state index contributed by atoms with van der Waals surface area (Å²) < 4.78 is 0. The predicted octanol–water partition coefficient (Wildman–Crippen LogP) is -2.06. The minimum atomic E-state index is -0.514. The number of nitrogens with zero attached hydrogens (tertiary/aromatic N) is 7. The summed E-state index contributed by atoms with van der Waals surface area (Å²) in [7, 11) is 0. The lowest BCUT2D eigenvalue weighted by Gasteiger charge is -2.08. The van der Waals surface area contributed by atoms with Crippen molar-refractivity contribution in [2.75, 3.05) is 10.6 Å². The fourth-order valence-electron chi connectivity index (χ4n) is 1.41. The zero-order valence-electron chi connectivity index (χ0n) is 10.9. The fourth-order valence-corrected chi connectivity index (χ4v) is 1.41. The summed E-state index contributed by atoms with van der Waals surface area (Å²) in [5.74, 6) is 5.77. The van der Waals surface area contributed by atoms with Crippen molar-refractivity contribution in [3.63, 3.8) is 0 Å². The van der Waals surface area contributed by atoms with Gasteiger partial charge < -0.3 is 5.32 Å². The summed E-state index contributed by atoms with van der Waals surface area (Å²) in [4.78, 5) is 7.98. The molecule has 0 fully saturated rings. The summed E-state index contributed by atoms with van der Waals surface area (Å²) in [6.45, 7) is 0. The number of hydrogen-bond acceptors (Lipinski definition) is 11. The van der Waals surface area contributed by atoms with E-state index in [0.717, 1.165) is 0 Å². The maximum absolute atomic E-state index is 5.19. The van der Waals surface area contributed by atoms with Gasteiger partial charge in [-0.1, -0.05) is 0 Å². The van der Waals surface area contributed by atoms with Crippen LogP contribution in [0.15, 0.2) is 4.99 Å². The maximum atomic E-state index is 5.19. The van der Waals surface area contributed by atoms with Gasteiger partial charge >= 0.3 is 0 Å². The van der Waals surface area contributed by atoms with Gasteiger partial charge in [0.1, 0.15) is 0 Å². The zero-order valence-corrected chi connectivity index (χ0v) is 10.9. The molecule has 3 rings (SSSR count). The molecule has 1 aliphatic rings. The molecule has 1 aliphatic heterocycles. The lowest BCUT2D eigenvalue weighted by atomic mass is 10.6. The number of terminal acetylenes is 2. The van der Waals surface area contributed by atoms with E-state index in [4.69, 9.17) is 12.8 Å². The van der Waals surface area contributed by atoms with Crippen molar-refractivity contribution in [2.24, 2.45) is 4.99 Å². The molecule has 0 bridgehead atoms. The Hall–Kier alpha value is -3.77. The first-order valence-corrected chi connectivity index (χ1v) is 5.83. The average molecular weight is 296 g/mol. The zero-order chi connectivity index (χ0) is 15.4. The van der Waals surface area contributed by atoms with Gasteiger partial charge in [-0.3, -0.25) is 15.8 Å². The molecule has 12 nitrogen and oxygen atoms in total. The molecule has 2 aromatic rings. The van der Waals surface area contributed by atoms with Gasteiger partial charge in [0, 0.05) is 0 Å². The largest absolute Gasteiger partial charge is 0.316 e. The van der Waals surface area contributed by atoms with Crippen molar-refractivity contribution < 1.29 is 0 Å². The average Bonchev–Trinajstić information content (AvgIpc) is 3.18. The number of anilines is 3. The van der Waals surface area contributed by atoms with Crippen LogP contribution >= 0.6 is 0 Å². The van der Waals surface area contributed by atoms with E-state index in [1.54, 1.807) is 0 Å². The minimum absolute atomic E-state index is 0.110. The highest BCUT2D eigenvalue weighted by atomic mass is 15.6. The van der Waals surface area contributed by atoms with Crippen molar-refractivity contribution in [2.45, 2.75) is 6.29 Å². The van der Waals surface area contributed by atoms with E-state index in [1.807, 2.05) is 0 Å². The smallest absolute Gasteiger partial charge is 0.269 e. The standard InChI is InChI=1S/C10H8N12/c1-3-5-11-7(17-15-5)13-9-19-21-10(22-20-9)14-8-12-6(4-2)16-18-8/h1-2,7,17H,(H,11,15)(H,13,19,20)(H2,12,14,16,18,21,22). The Labute approximate surface area is 123 Å². The second-order valence-electron chi connectivity index (χ2n) is 3.76. The van der Waals surface area contributed by atoms with Crippen LogP contribution in [0.1, 0.15) is 5.82 Å². The second kappa shape index (κ2) is 5.70. The quantitative estimate of drug-likeness (QED) is 0.398. The molecule has 0 saturated heterocycles.